The molecular weight excluding hydrogens is 409 g/mol. The Kier molecular flexibility index (Phi) is 6.92. The molecule has 1 saturated heterocycles. The number of ether oxygens (including phenoxy) is 1. The van der Waals surface area contributed by atoms with E-state index in [1.165, 1.54) is 0 Å². The van der Waals surface area contributed by atoms with E-state index in [2.05, 4.69) is 31.7 Å². The third-order valence-electron chi connectivity index (χ3n) is 4.10. The van der Waals surface area contributed by atoms with Crippen molar-refractivity contribution in [3.8, 4) is 0 Å². The largest absolute Gasteiger partial charge is 0.469 e. The molecule has 0 spiro atoms. The van der Waals surface area contributed by atoms with Crippen LogP contribution in [0.25, 0.3) is 11.2 Å². The Morgan fingerprint density at radius 3 is 2.89 bits per heavy atom. The number of thioether (sulfide) groups is 1. The van der Waals surface area contributed by atoms with Crippen LogP contribution in [-0.2, 0) is 13.8 Å². The minimum absolute atomic E-state index is 0.221. The molecule has 1 aliphatic rings. The van der Waals surface area contributed by atoms with Gasteiger partial charge in [-0.15, -0.1) is 0 Å². The van der Waals surface area contributed by atoms with Crippen LogP contribution >= 0.6 is 19.6 Å². The minimum atomic E-state index is -4.64. The number of hydrogen-bond acceptors (Lipinski definition) is 9. The fourth-order valence-corrected chi connectivity index (χ4v) is 3.90. The number of anilines is 1. The van der Waals surface area contributed by atoms with Crippen molar-refractivity contribution in [3.63, 3.8) is 0 Å². The Hall–Kier alpha value is -1.27. The van der Waals surface area contributed by atoms with Gasteiger partial charge in [0.1, 0.15) is 12.3 Å². The number of phosphoric acid groups is 1. The molecule has 1 aliphatic heterocycles. The number of hydrogen-bond donors (Lipinski definition) is 4. The second-order valence-corrected chi connectivity index (χ2v) is 8.58. The number of phosphoric ester groups is 1. The number of imidazole rings is 1. The summed E-state index contributed by atoms with van der Waals surface area (Å²) >= 11 is 1.54. The van der Waals surface area contributed by atoms with Crippen LogP contribution < -0.4 is 5.32 Å². The molecule has 3 heterocycles. The van der Waals surface area contributed by atoms with E-state index in [9.17, 15) is 9.67 Å². The fourth-order valence-electron chi connectivity index (χ4n) is 2.86. The molecule has 13 heteroatoms. The predicted octanol–water partition coefficient (Wildman–Crippen LogP) is 1.52. The van der Waals surface area contributed by atoms with E-state index in [4.69, 9.17) is 14.5 Å². The van der Waals surface area contributed by atoms with Crippen LogP contribution in [0.2, 0.25) is 0 Å². The highest BCUT2D eigenvalue weighted by Crippen LogP contribution is 2.39. The van der Waals surface area contributed by atoms with Crippen molar-refractivity contribution in [3.05, 3.63) is 6.33 Å². The maximum atomic E-state index is 10.9. The molecule has 4 N–H and O–H groups in total. The van der Waals surface area contributed by atoms with Gasteiger partial charge in [-0.05, 0) is 13.3 Å². The smallest absolute Gasteiger partial charge is 0.390 e. The lowest BCUT2D eigenvalue weighted by Gasteiger charge is -2.16. The molecule has 0 aliphatic carbocycles. The van der Waals surface area contributed by atoms with Crippen molar-refractivity contribution in [1.82, 2.24) is 19.5 Å². The van der Waals surface area contributed by atoms with Gasteiger partial charge in [-0.1, -0.05) is 18.7 Å². The molecule has 0 saturated carbocycles. The first-order valence-corrected chi connectivity index (χ1v) is 11.5. The summed E-state index contributed by atoms with van der Waals surface area (Å²) in [5.41, 5.74) is 1.16. The Bertz CT molecular complexity index is 861. The lowest BCUT2D eigenvalue weighted by Crippen LogP contribution is -2.25. The summed E-state index contributed by atoms with van der Waals surface area (Å²) in [6.07, 6.45) is 0.397. The van der Waals surface area contributed by atoms with E-state index in [0.29, 0.717) is 28.7 Å². The normalized spacial score (nSPS) is 22.8. The standard InChI is InChI=1S/C15H24N5O6PS/c1-3-5-28-15-18-13(16-4-2)12-14(19-15)20(8-17-12)11-6-9(21)10(26-11)7-25-27(22,23)24/h8-11,21H,3-7H2,1-2H3,(H,16,18,19)(H2,22,23,24)/t9-,10+,11+/m0/s1. The minimum Gasteiger partial charge on any atom is -0.390 e. The van der Waals surface area contributed by atoms with E-state index in [1.807, 2.05) is 6.92 Å². The monoisotopic (exact) mass is 433 g/mol. The average molecular weight is 433 g/mol. The Balaban J connectivity index is 1.86. The Labute approximate surface area is 166 Å². The number of nitrogens with one attached hydrogen (secondary N) is 1. The number of aliphatic hydroxyl groups is 1. The number of aliphatic hydroxyl groups excluding tert-OH is 1. The summed E-state index contributed by atoms with van der Waals surface area (Å²) < 4.78 is 22.8. The maximum absolute atomic E-state index is 10.9. The number of fused-ring (bicyclic) bond motifs is 1. The van der Waals surface area contributed by atoms with Gasteiger partial charge >= 0.3 is 7.82 Å². The van der Waals surface area contributed by atoms with E-state index in [-0.39, 0.29) is 6.42 Å². The van der Waals surface area contributed by atoms with Crippen molar-refractivity contribution in [2.75, 3.05) is 24.2 Å². The van der Waals surface area contributed by atoms with Crippen molar-refractivity contribution in [1.29, 1.82) is 0 Å². The first kappa shape index (κ1) is 21.4. The van der Waals surface area contributed by atoms with Crippen molar-refractivity contribution < 1.29 is 28.7 Å². The molecule has 1 fully saturated rings. The van der Waals surface area contributed by atoms with Crippen LogP contribution in [0.3, 0.4) is 0 Å². The third-order valence-corrected chi connectivity index (χ3v) is 5.64. The van der Waals surface area contributed by atoms with Gasteiger partial charge in [0.05, 0.1) is 19.0 Å². The van der Waals surface area contributed by atoms with E-state index in [1.54, 1.807) is 22.7 Å². The molecule has 0 bridgehead atoms. The van der Waals surface area contributed by atoms with E-state index >= 15 is 0 Å². The summed E-state index contributed by atoms with van der Waals surface area (Å²) in [5, 5.41) is 14.0. The number of aromatic nitrogens is 4. The van der Waals surface area contributed by atoms with Gasteiger partial charge in [-0.3, -0.25) is 9.09 Å². The maximum Gasteiger partial charge on any atom is 0.469 e. The van der Waals surface area contributed by atoms with Crippen LogP contribution in [0.1, 0.15) is 32.9 Å². The molecule has 3 atom stereocenters. The zero-order valence-electron chi connectivity index (χ0n) is 15.6. The van der Waals surface area contributed by atoms with Gasteiger partial charge in [-0.2, -0.15) is 0 Å². The molecule has 156 valence electrons. The van der Waals surface area contributed by atoms with Crippen LogP contribution in [0, 0.1) is 0 Å². The van der Waals surface area contributed by atoms with Gasteiger partial charge in [0.15, 0.2) is 22.1 Å². The second-order valence-electron chi connectivity index (χ2n) is 6.28. The molecule has 0 radical (unpaired) electrons. The zero-order valence-corrected chi connectivity index (χ0v) is 17.3. The molecular formula is C15H24N5O6PS. The van der Waals surface area contributed by atoms with Gasteiger partial charge in [0.25, 0.3) is 0 Å². The molecule has 3 rings (SSSR count). The van der Waals surface area contributed by atoms with Gasteiger partial charge in [0.2, 0.25) is 0 Å². The summed E-state index contributed by atoms with van der Waals surface area (Å²) in [6, 6.07) is 0. The summed E-state index contributed by atoms with van der Waals surface area (Å²) in [4.78, 5) is 31.2. The molecule has 2 aromatic rings. The van der Waals surface area contributed by atoms with Crippen molar-refractivity contribution in [2.24, 2.45) is 0 Å². The van der Waals surface area contributed by atoms with Crippen LogP contribution in [0.15, 0.2) is 11.5 Å². The van der Waals surface area contributed by atoms with Crippen molar-refractivity contribution in [2.45, 2.75) is 50.3 Å². The van der Waals surface area contributed by atoms with Crippen LogP contribution in [0.5, 0.6) is 0 Å². The SMILES string of the molecule is CCCSc1nc(NCC)c2ncn([C@H]3C[C@H](O)[C@@H](COP(=O)(O)O)O3)c2n1. The molecule has 11 nitrogen and oxygen atoms in total. The van der Waals surface area contributed by atoms with E-state index in [0.717, 1.165) is 12.2 Å². The van der Waals surface area contributed by atoms with Gasteiger partial charge in [-0.25, -0.2) is 19.5 Å². The first-order valence-electron chi connectivity index (χ1n) is 8.97. The highest BCUT2D eigenvalue weighted by atomic mass is 32.2. The number of rotatable bonds is 9. The Morgan fingerprint density at radius 1 is 1.43 bits per heavy atom. The molecule has 0 unspecified atom stereocenters. The second kappa shape index (κ2) is 9.04. The molecule has 28 heavy (non-hydrogen) atoms. The van der Waals surface area contributed by atoms with Crippen LogP contribution in [0.4, 0.5) is 5.82 Å². The average Bonchev–Trinajstić information content (AvgIpc) is 3.21. The lowest BCUT2D eigenvalue weighted by molar-refractivity contribution is -0.0424. The molecule has 2 aromatic heterocycles. The highest BCUT2D eigenvalue weighted by Gasteiger charge is 2.37. The Morgan fingerprint density at radius 2 is 2.21 bits per heavy atom. The zero-order chi connectivity index (χ0) is 20.3. The lowest BCUT2D eigenvalue weighted by atomic mass is 10.2. The summed E-state index contributed by atoms with van der Waals surface area (Å²) in [6.45, 7) is 4.31. The summed E-state index contributed by atoms with van der Waals surface area (Å²) in [7, 11) is -4.64. The fraction of sp³-hybridized carbons (Fsp3) is 0.667. The first-order chi connectivity index (χ1) is 13.3. The quantitative estimate of drug-likeness (QED) is 0.259. The third kappa shape index (κ3) is 5.01. The summed E-state index contributed by atoms with van der Waals surface area (Å²) in [5.74, 6) is 1.51. The molecule has 0 aromatic carbocycles. The number of nitrogens with zero attached hydrogens (tertiary/aromatic N) is 4. The van der Waals surface area contributed by atoms with Gasteiger partial charge in [0, 0.05) is 18.7 Å². The van der Waals surface area contributed by atoms with Crippen LogP contribution in [-0.4, -0.2) is 65.5 Å². The molecule has 0 amide bonds. The van der Waals surface area contributed by atoms with E-state index < -0.39 is 32.9 Å². The highest BCUT2D eigenvalue weighted by molar-refractivity contribution is 7.99. The van der Waals surface area contributed by atoms with Gasteiger partial charge < -0.3 is 24.9 Å². The van der Waals surface area contributed by atoms with Crippen molar-refractivity contribution >= 4 is 36.6 Å². The topological polar surface area (TPSA) is 152 Å². The predicted molar refractivity (Wildman–Crippen MR) is 103 cm³/mol.